The van der Waals surface area contributed by atoms with Crippen molar-refractivity contribution in [3.63, 3.8) is 0 Å². The summed E-state index contributed by atoms with van der Waals surface area (Å²) in [4.78, 5) is 64.3. The third-order valence-corrected chi connectivity index (χ3v) is 15.5. The van der Waals surface area contributed by atoms with Crippen LogP contribution >= 0.6 is 11.6 Å². The van der Waals surface area contributed by atoms with E-state index in [9.17, 15) is 23.6 Å². The molecule has 4 aliphatic heterocycles. The molecular weight excluding hydrogens is 863 g/mol. The highest BCUT2D eigenvalue weighted by Crippen LogP contribution is 2.64. The molecule has 2 unspecified atom stereocenters. The van der Waals surface area contributed by atoms with Crippen molar-refractivity contribution in [1.82, 2.24) is 39.9 Å². The molecule has 4 aliphatic carbocycles. The Morgan fingerprint density at radius 3 is 2.48 bits per heavy atom. The zero-order valence-electron chi connectivity index (χ0n) is 36.0. The minimum Gasteiger partial charge on any atom is -0.385 e. The van der Waals surface area contributed by atoms with Crippen LogP contribution in [0, 0.1) is 11.8 Å². The van der Waals surface area contributed by atoms with Crippen LogP contribution in [0.5, 0.6) is 0 Å². The first-order valence-electron chi connectivity index (χ1n) is 22.7. The van der Waals surface area contributed by atoms with Gasteiger partial charge in [-0.25, -0.2) is 27.5 Å². The molecule has 19 heteroatoms. The van der Waals surface area contributed by atoms with Crippen molar-refractivity contribution in [2.75, 3.05) is 81.1 Å². The van der Waals surface area contributed by atoms with E-state index in [1.54, 1.807) is 4.52 Å². The molecule has 5 amide bonds. The number of imide groups is 1. The number of benzene rings is 2. The van der Waals surface area contributed by atoms with Gasteiger partial charge in [0.05, 0.1) is 41.2 Å². The van der Waals surface area contributed by atoms with Crippen LogP contribution in [0.3, 0.4) is 0 Å². The lowest BCUT2D eigenvalue weighted by atomic mass is 9.64. The second kappa shape index (κ2) is 15.9. The molecule has 65 heavy (non-hydrogen) atoms. The number of piperazine rings is 1. The second-order valence-corrected chi connectivity index (χ2v) is 19.5. The van der Waals surface area contributed by atoms with E-state index in [-0.39, 0.29) is 53.3 Å². The number of nitrogens with one attached hydrogen (secondary N) is 3. The van der Waals surface area contributed by atoms with Crippen LogP contribution in [0.2, 0.25) is 5.02 Å². The topological polar surface area (TPSA) is 151 Å². The fourth-order valence-corrected chi connectivity index (χ4v) is 12.0. The minimum absolute atomic E-state index is 0.0786. The Morgan fingerprint density at radius 1 is 0.954 bits per heavy atom. The molecule has 3 N–H and O–H groups in total. The van der Waals surface area contributed by atoms with Gasteiger partial charge in [-0.1, -0.05) is 23.7 Å². The van der Waals surface area contributed by atoms with Crippen LogP contribution in [0.25, 0.3) is 5.65 Å². The third-order valence-electron chi connectivity index (χ3n) is 15.2. The number of piperidine rings is 1. The van der Waals surface area contributed by atoms with Gasteiger partial charge < -0.3 is 25.3 Å². The smallest absolute Gasteiger partial charge is 0.328 e. The summed E-state index contributed by atoms with van der Waals surface area (Å²) < 4.78 is 47.1. The fraction of sp³-hybridized carbons (Fsp3) is 0.522. The molecule has 12 rings (SSSR count). The maximum atomic E-state index is 16.0. The SMILES string of the molecule is CNc1cc(N2CCc3c2cccc3C23CC(C2)[C@H](CN2CCN(C4CCN(C(=O)c5ccc(Cl)c(N6CCC(=O)NC6=O)c5)CC4(F)F)CC2)C3)nn2c(C(=O)NC3C[C@@H]3F)cnc12. The molecule has 2 aromatic carbocycles. The van der Waals surface area contributed by atoms with E-state index in [0.29, 0.717) is 55.9 Å². The van der Waals surface area contributed by atoms with E-state index >= 15 is 8.78 Å². The summed E-state index contributed by atoms with van der Waals surface area (Å²) in [6, 6.07) is 10.8. The average Bonchev–Trinajstić information content (AvgIpc) is 3.73. The number of fused-ring (bicyclic) bond motifs is 3. The number of halogens is 4. The highest BCUT2D eigenvalue weighted by Gasteiger charge is 2.58. The summed E-state index contributed by atoms with van der Waals surface area (Å²) in [5.74, 6) is -2.62. The number of anilines is 4. The number of carbonyl (C=O) groups excluding carboxylic acids is 4. The highest BCUT2D eigenvalue weighted by molar-refractivity contribution is 6.34. The molecule has 4 atom stereocenters. The van der Waals surface area contributed by atoms with Crippen LogP contribution in [0.4, 0.5) is 40.8 Å². The highest BCUT2D eigenvalue weighted by atomic mass is 35.5. The molecule has 0 radical (unpaired) electrons. The molecule has 3 saturated heterocycles. The van der Waals surface area contributed by atoms with E-state index in [1.165, 1.54) is 45.3 Å². The second-order valence-electron chi connectivity index (χ2n) is 19.0. The van der Waals surface area contributed by atoms with Gasteiger partial charge in [0, 0.05) is 89.6 Å². The summed E-state index contributed by atoms with van der Waals surface area (Å²) in [5.41, 5.74) is 5.90. The molecule has 342 valence electrons. The number of aromatic nitrogens is 3. The Bertz CT molecular complexity index is 2620. The quantitative estimate of drug-likeness (QED) is 0.193. The maximum Gasteiger partial charge on any atom is 0.328 e. The van der Waals surface area contributed by atoms with Gasteiger partial charge in [0.2, 0.25) is 5.91 Å². The molecular formula is C46H51ClF3N11O4. The van der Waals surface area contributed by atoms with Crippen molar-refractivity contribution in [3.05, 3.63) is 76.1 Å². The van der Waals surface area contributed by atoms with Crippen LogP contribution in [0.1, 0.15) is 70.5 Å². The van der Waals surface area contributed by atoms with Crippen LogP contribution in [-0.2, 0) is 16.6 Å². The molecule has 2 bridgehead atoms. The minimum atomic E-state index is -3.11. The molecule has 8 aliphatic rings. The van der Waals surface area contributed by atoms with E-state index in [2.05, 4.69) is 48.9 Å². The van der Waals surface area contributed by atoms with Gasteiger partial charge in [-0.3, -0.25) is 29.5 Å². The summed E-state index contributed by atoms with van der Waals surface area (Å²) in [7, 11) is 1.81. The average molecular weight is 914 g/mol. The molecule has 2 aromatic heterocycles. The Morgan fingerprint density at radius 2 is 1.74 bits per heavy atom. The molecule has 7 fully saturated rings. The number of hydrogen-bond donors (Lipinski definition) is 3. The number of rotatable bonds is 10. The van der Waals surface area contributed by atoms with Gasteiger partial charge in [-0.05, 0) is 84.7 Å². The summed E-state index contributed by atoms with van der Waals surface area (Å²) in [5, 5.41) is 13.3. The first kappa shape index (κ1) is 42.2. The summed E-state index contributed by atoms with van der Waals surface area (Å²) in [6.45, 7) is 3.78. The van der Waals surface area contributed by atoms with E-state index in [4.69, 9.17) is 16.7 Å². The predicted octanol–water partition coefficient (Wildman–Crippen LogP) is 5.24. The van der Waals surface area contributed by atoms with E-state index in [1.807, 2.05) is 18.0 Å². The zero-order chi connectivity index (χ0) is 44.9. The van der Waals surface area contributed by atoms with E-state index in [0.717, 1.165) is 50.1 Å². The Hall–Kier alpha value is -5.46. The monoisotopic (exact) mass is 913 g/mol. The number of alkyl halides is 3. The first-order chi connectivity index (χ1) is 31.3. The molecule has 4 aromatic rings. The number of urea groups is 1. The number of hydrogen-bond acceptors (Lipinski definition) is 10. The Labute approximate surface area is 378 Å². The zero-order valence-corrected chi connectivity index (χ0v) is 36.8. The molecule has 0 spiro atoms. The van der Waals surface area contributed by atoms with Gasteiger partial charge in [0.1, 0.15) is 6.17 Å². The van der Waals surface area contributed by atoms with Crippen LogP contribution in [-0.4, -0.2) is 143 Å². The molecule has 4 saturated carbocycles. The lowest BCUT2D eigenvalue weighted by Crippen LogP contribution is -2.62. The van der Waals surface area contributed by atoms with Gasteiger partial charge >= 0.3 is 6.03 Å². The van der Waals surface area contributed by atoms with Crippen LogP contribution in [0.15, 0.2) is 48.7 Å². The summed E-state index contributed by atoms with van der Waals surface area (Å²) >= 11 is 6.37. The predicted molar refractivity (Wildman–Crippen MR) is 237 cm³/mol. The van der Waals surface area contributed by atoms with Crippen molar-refractivity contribution < 1.29 is 32.3 Å². The lowest BCUT2D eigenvalue weighted by molar-refractivity contribution is -0.126. The standard InChI is InChI=1S/C46H51ClF3N11O4/c1-51-34-19-39(55-61-37(23-52-41(34)61)42(63)53-33-18-32(33)48)59-11-7-29-30(3-2-4-35(29)59)45-20-27(21-45)28(22-45)24-56-13-15-57(16-14-56)38-8-10-58(25-46(38,49)50)43(64)26-5-6-31(47)36(17-26)60-12-9-40(62)54-44(60)65/h2-6,17,19,23,27-28,32-33,38,51H,7-16,18,20-22,24-25H2,1H3,(H,53,63)(H,54,62,65)/t27?,28-,32-,33?,38?,45?/m0/s1. The van der Waals surface area contributed by atoms with Crippen molar-refractivity contribution in [2.45, 2.75) is 74.5 Å². The number of imidazole rings is 1. The number of amides is 5. The Balaban J connectivity index is 0.711. The van der Waals surface area contributed by atoms with Gasteiger partial charge in [-0.2, -0.15) is 0 Å². The van der Waals surface area contributed by atoms with Crippen molar-refractivity contribution in [2.24, 2.45) is 11.8 Å². The molecule has 15 nitrogen and oxygen atoms in total. The van der Waals surface area contributed by atoms with Crippen molar-refractivity contribution in [3.8, 4) is 0 Å². The molecule has 6 heterocycles. The summed E-state index contributed by atoms with van der Waals surface area (Å²) in [6.07, 6.45) is 5.27. The Kier molecular flexibility index (Phi) is 10.3. The van der Waals surface area contributed by atoms with Crippen LogP contribution < -0.4 is 25.8 Å². The lowest BCUT2D eigenvalue weighted by Gasteiger charge is -2.46. The van der Waals surface area contributed by atoms with Crippen molar-refractivity contribution in [1.29, 1.82) is 0 Å². The van der Waals surface area contributed by atoms with Crippen molar-refractivity contribution >= 4 is 63.9 Å². The normalized spacial score (nSPS) is 28.6. The van der Waals surface area contributed by atoms with Gasteiger partial charge in [0.25, 0.3) is 17.7 Å². The largest absolute Gasteiger partial charge is 0.385 e. The van der Waals surface area contributed by atoms with Gasteiger partial charge in [0.15, 0.2) is 17.2 Å². The number of likely N-dealkylation sites (tertiary alicyclic amines) is 1. The number of carbonyl (C=O) groups is 4. The maximum absolute atomic E-state index is 16.0. The van der Waals surface area contributed by atoms with Gasteiger partial charge in [-0.15, -0.1) is 5.10 Å². The first-order valence-corrected chi connectivity index (χ1v) is 23.1. The number of nitrogens with zero attached hydrogens (tertiary/aromatic N) is 8. The van der Waals surface area contributed by atoms with E-state index < -0.39 is 54.5 Å². The fourth-order valence-electron chi connectivity index (χ4n) is 11.8. The third kappa shape index (κ3) is 7.35.